The first-order chi connectivity index (χ1) is 14.0. The number of benzene rings is 2. The van der Waals surface area contributed by atoms with Crippen LogP contribution in [0.1, 0.15) is 29.0 Å². The van der Waals surface area contributed by atoms with Gasteiger partial charge in [-0.2, -0.15) is 5.26 Å². The predicted molar refractivity (Wildman–Crippen MR) is 121 cm³/mol. The van der Waals surface area contributed by atoms with E-state index in [2.05, 4.69) is 55.1 Å². The number of thioether (sulfide) groups is 2. The van der Waals surface area contributed by atoms with E-state index in [9.17, 15) is 10.1 Å². The lowest BCUT2D eigenvalue weighted by Crippen LogP contribution is -2.47. The molecule has 4 nitrogen and oxygen atoms in total. The van der Waals surface area contributed by atoms with Crippen molar-refractivity contribution < 1.29 is 4.79 Å². The number of nitriles is 1. The number of carbonyl (C=O) groups excluding carboxylic acids is 1. The number of anilines is 1. The number of fused-ring (bicyclic) bond motifs is 1. The Hall–Kier alpha value is -2.36. The Morgan fingerprint density at radius 2 is 1.90 bits per heavy atom. The van der Waals surface area contributed by atoms with Crippen LogP contribution in [0.5, 0.6) is 0 Å². The van der Waals surface area contributed by atoms with E-state index in [0.29, 0.717) is 18.7 Å². The molecular formula is C23H23N3OS2. The molecule has 0 saturated carbocycles. The minimum atomic E-state index is -0.157. The Morgan fingerprint density at radius 1 is 1.14 bits per heavy atom. The fraction of sp³-hybridized carbons (Fsp3) is 0.304. The van der Waals surface area contributed by atoms with Crippen molar-refractivity contribution in [3.63, 3.8) is 0 Å². The summed E-state index contributed by atoms with van der Waals surface area (Å²) in [6.07, 6.45) is 2.38. The van der Waals surface area contributed by atoms with Crippen molar-refractivity contribution in [3.8, 4) is 6.07 Å². The van der Waals surface area contributed by atoms with Crippen LogP contribution in [-0.2, 0) is 4.79 Å². The van der Waals surface area contributed by atoms with E-state index in [-0.39, 0.29) is 11.8 Å². The van der Waals surface area contributed by atoms with Crippen LogP contribution < -0.4 is 4.90 Å². The molecule has 4 rings (SSSR count). The fourth-order valence-electron chi connectivity index (χ4n) is 3.77. The molecule has 29 heavy (non-hydrogen) atoms. The second-order valence-electron chi connectivity index (χ2n) is 7.41. The SMILES string of the molecule is CSc1ccc(C2CC(=O)N3CN(c4ccc(C)c(C)c4)CSC3=C2C#N)cc1. The van der Waals surface area contributed by atoms with E-state index >= 15 is 0 Å². The lowest BCUT2D eigenvalue weighted by atomic mass is 9.86. The van der Waals surface area contributed by atoms with Crippen molar-refractivity contribution in [2.45, 2.75) is 31.1 Å². The summed E-state index contributed by atoms with van der Waals surface area (Å²) in [6.45, 7) is 4.70. The highest BCUT2D eigenvalue weighted by Crippen LogP contribution is 2.43. The summed E-state index contributed by atoms with van der Waals surface area (Å²) in [6, 6.07) is 17.0. The number of nitrogens with zero attached hydrogens (tertiary/aromatic N) is 3. The van der Waals surface area contributed by atoms with Gasteiger partial charge in [-0.1, -0.05) is 30.0 Å². The number of rotatable bonds is 3. The summed E-state index contributed by atoms with van der Waals surface area (Å²) in [5.74, 6) is 0.652. The van der Waals surface area contributed by atoms with Crippen molar-refractivity contribution in [1.29, 1.82) is 5.26 Å². The number of hydrogen-bond donors (Lipinski definition) is 0. The molecule has 0 N–H and O–H groups in total. The zero-order valence-corrected chi connectivity index (χ0v) is 18.4. The third kappa shape index (κ3) is 3.77. The van der Waals surface area contributed by atoms with Gasteiger partial charge in [0.2, 0.25) is 5.91 Å². The number of aryl methyl sites for hydroxylation is 2. The molecule has 1 unspecified atom stereocenters. The maximum atomic E-state index is 13.0. The zero-order chi connectivity index (χ0) is 20.5. The second kappa shape index (κ2) is 8.17. The van der Waals surface area contributed by atoms with Gasteiger partial charge in [0.05, 0.1) is 29.2 Å². The Morgan fingerprint density at radius 3 is 2.55 bits per heavy atom. The molecule has 1 amide bonds. The van der Waals surface area contributed by atoms with Crippen LogP contribution in [0.2, 0.25) is 0 Å². The summed E-state index contributed by atoms with van der Waals surface area (Å²) in [5.41, 5.74) is 5.37. The van der Waals surface area contributed by atoms with Crippen LogP contribution in [-0.4, -0.2) is 29.6 Å². The summed E-state index contributed by atoms with van der Waals surface area (Å²) >= 11 is 3.27. The molecule has 2 heterocycles. The van der Waals surface area contributed by atoms with Gasteiger partial charge in [0.1, 0.15) is 0 Å². The second-order valence-corrected chi connectivity index (χ2v) is 9.22. The standard InChI is InChI=1S/C23H23N3OS2/c1-15-4-7-18(10-16(15)2)25-13-26-22(27)11-20(21(12-24)23(26)29-14-25)17-5-8-19(28-3)9-6-17/h4-10,20H,11,13-14H2,1-3H3. The summed E-state index contributed by atoms with van der Waals surface area (Å²) in [7, 11) is 0. The topological polar surface area (TPSA) is 47.3 Å². The van der Waals surface area contributed by atoms with E-state index in [1.54, 1.807) is 28.4 Å². The van der Waals surface area contributed by atoms with E-state index in [4.69, 9.17) is 0 Å². The van der Waals surface area contributed by atoms with Crippen LogP contribution in [0.3, 0.4) is 0 Å². The largest absolute Gasteiger partial charge is 0.344 e. The number of carbonyl (C=O) groups is 1. The third-order valence-corrected chi connectivity index (χ3v) is 7.57. The molecule has 0 bridgehead atoms. The van der Waals surface area contributed by atoms with E-state index in [1.165, 1.54) is 16.0 Å². The van der Waals surface area contributed by atoms with Gasteiger partial charge in [-0.25, -0.2) is 0 Å². The molecule has 6 heteroatoms. The van der Waals surface area contributed by atoms with Crippen LogP contribution in [0.15, 0.2) is 58.0 Å². The molecule has 148 valence electrons. The third-order valence-electron chi connectivity index (χ3n) is 5.67. The number of hydrogen-bond acceptors (Lipinski definition) is 5. The Balaban J connectivity index is 1.64. The highest BCUT2D eigenvalue weighted by molar-refractivity contribution is 8.03. The van der Waals surface area contributed by atoms with Crippen molar-refractivity contribution >= 4 is 35.1 Å². The van der Waals surface area contributed by atoms with Crippen LogP contribution in [0, 0.1) is 25.2 Å². The zero-order valence-electron chi connectivity index (χ0n) is 16.8. The molecule has 0 aromatic heterocycles. The van der Waals surface area contributed by atoms with Crippen LogP contribution in [0.25, 0.3) is 0 Å². The average Bonchev–Trinajstić information content (AvgIpc) is 2.75. The maximum Gasteiger partial charge on any atom is 0.229 e. The van der Waals surface area contributed by atoms with Gasteiger partial charge >= 0.3 is 0 Å². The normalized spacial score (nSPS) is 19.2. The summed E-state index contributed by atoms with van der Waals surface area (Å²) in [5, 5.41) is 10.7. The summed E-state index contributed by atoms with van der Waals surface area (Å²) in [4.78, 5) is 18.2. The van der Waals surface area contributed by atoms with Crippen LogP contribution in [0.4, 0.5) is 5.69 Å². The average molecular weight is 422 g/mol. The van der Waals surface area contributed by atoms with Gasteiger partial charge in [0.25, 0.3) is 0 Å². The quantitative estimate of drug-likeness (QED) is 0.634. The van der Waals surface area contributed by atoms with Gasteiger partial charge < -0.3 is 4.90 Å². The van der Waals surface area contributed by atoms with Crippen LogP contribution >= 0.6 is 23.5 Å². The van der Waals surface area contributed by atoms with Gasteiger partial charge in [-0.15, -0.1) is 11.8 Å². The van der Waals surface area contributed by atoms with E-state index in [1.807, 2.05) is 18.4 Å². The van der Waals surface area contributed by atoms with Crippen molar-refractivity contribution in [1.82, 2.24) is 4.90 Å². The molecule has 2 aliphatic rings. The van der Waals surface area contributed by atoms with Gasteiger partial charge in [0, 0.05) is 22.9 Å². The smallest absolute Gasteiger partial charge is 0.229 e. The molecule has 1 atom stereocenters. The minimum Gasteiger partial charge on any atom is -0.344 e. The lowest BCUT2D eigenvalue weighted by molar-refractivity contribution is -0.129. The summed E-state index contributed by atoms with van der Waals surface area (Å²) < 4.78 is 0. The van der Waals surface area contributed by atoms with E-state index < -0.39 is 0 Å². The molecule has 2 aromatic rings. The first-order valence-electron chi connectivity index (χ1n) is 9.55. The molecular weight excluding hydrogens is 398 g/mol. The molecule has 1 saturated heterocycles. The van der Waals surface area contributed by atoms with Crippen molar-refractivity contribution in [2.75, 3.05) is 23.7 Å². The van der Waals surface area contributed by atoms with Gasteiger partial charge in [0.15, 0.2) is 0 Å². The number of amides is 1. The molecule has 0 aliphatic carbocycles. The predicted octanol–water partition coefficient (Wildman–Crippen LogP) is 5.24. The van der Waals surface area contributed by atoms with Gasteiger partial charge in [-0.05, 0) is 61.1 Å². The Labute approximate surface area is 180 Å². The molecule has 0 spiro atoms. The first kappa shape index (κ1) is 19.9. The lowest BCUT2D eigenvalue weighted by Gasteiger charge is -2.42. The Kier molecular flexibility index (Phi) is 5.62. The van der Waals surface area contributed by atoms with Crippen molar-refractivity contribution in [2.24, 2.45) is 0 Å². The monoisotopic (exact) mass is 421 g/mol. The molecule has 0 radical (unpaired) electrons. The van der Waals surface area contributed by atoms with Gasteiger partial charge in [-0.3, -0.25) is 9.69 Å². The number of allylic oxidation sites excluding steroid dienone is 1. The maximum absolute atomic E-state index is 13.0. The van der Waals surface area contributed by atoms with Crippen molar-refractivity contribution in [3.05, 3.63) is 69.8 Å². The minimum absolute atomic E-state index is 0.0824. The highest BCUT2D eigenvalue weighted by atomic mass is 32.2. The molecule has 2 aliphatic heterocycles. The fourth-order valence-corrected chi connectivity index (χ4v) is 5.34. The molecule has 2 aromatic carbocycles. The van der Waals surface area contributed by atoms with E-state index in [0.717, 1.165) is 22.2 Å². The Bertz CT molecular complexity index is 1020. The highest BCUT2D eigenvalue weighted by Gasteiger charge is 2.38. The molecule has 1 fully saturated rings. The first-order valence-corrected chi connectivity index (χ1v) is 11.8.